The molecule has 0 saturated carbocycles. The molecule has 36 heavy (non-hydrogen) atoms. The Hall–Kier alpha value is -5.47. The monoisotopic (exact) mass is 495 g/mol. The number of hydrogen-bond acceptors (Lipinski definition) is 11. The number of carbonyl (C=O) groups is 4. The molecule has 1 heterocycles. The number of aromatic nitrogens is 2. The number of carbonyl (C=O) groups excluding carboxylic acids is 4. The fourth-order valence-corrected chi connectivity index (χ4v) is 3.25. The summed E-state index contributed by atoms with van der Waals surface area (Å²) in [4.78, 5) is 79.2. The molecule has 3 rings (SSSR count). The molecule has 3 aromatic rings. The third kappa shape index (κ3) is 4.89. The van der Waals surface area contributed by atoms with Crippen LogP contribution in [0.15, 0.2) is 52.4 Å². The summed E-state index contributed by atoms with van der Waals surface area (Å²) >= 11 is 0. The Morgan fingerprint density at radius 2 is 1.89 bits per heavy atom. The summed E-state index contributed by atoms with van der Waals surface area (Å²) in [6, 6.07) is 8.94. The standard InChI is InChI=1S/C21H17N7O8/c1-36-21(33)17(29)14(15-19(31)26-13-8-9(28(34)35)6-7-12(13)24-15)16(27-23)20(32)25-11-5-3-2-4-10(11)18(22)30/h2-8,14H,23H2,1H3,(H2,22,30)(H,25,32)(H,26,31)/b27-16+/t14-/m1/s1. The molecule has 1 atom stereocenters. The van der Waals surface area contributed by atoms with Crippen molar-refractivity contribution in [3.8, 4) is 0 Å². The van der Waals surface area contributed by atoms with Gasteiger partial charge in [0.05, 0.1) is 34.3 Å². The molecule has 184 valence electrons. The highest BCUT2D eigenvalue weighted by Crippen LogP contribution is 2.22. The van der Waals surface area contributed by atoms with E-state index in [1.54, 1.807) is 0 Å². The van der Waals surface area contributed by atoms with Crippen molar-refractivity contribution in [1.29, 1.82) is 0 Å². The van der Waals surface area contributed by atoms with Crippen molar-refractivity contribution >= 4 is 51.7 Å². The van der Waals surface area contributed by atoms with E-state index in [1.807, 2.05) is 0 Å². The molecule has 0 aliphatic rings. The largest absolute Gasteiger partial charge is 0.463 e. The zero-order chi connectivity index (χ0) is 26.6. The number of nitrogens with two attached hydrogens (primary N) is 2. The summed E-state index contributed by atoms with van der Waals surface area (Å²) in [5.41, 5.74) is 2.23. The first-order valence-corrected chi connectivity index (χ1v) is 9.87. The lowest BCUT2D eigenvalue weighted by Gasteiger charge is -2.16. The predicted octanol–water partition coefficient (Wildman–Crippen LogP) is -0.291. The van der Waals surface area contributed by atoms with E-state index in [4.69, 9.17) is 11.6 Å². The number of benzene rings is 2. The van der Waals surface area contributed by atoms with Crippen LogP contribution in [0.5, 0.6) is 0 Å². The Labute approximate surface area is 200 Å². The summed E-state index contributed by atoms with van der Waals surface area (Å²) in [5, 5.41) is 16.6. The Morgan fingerprint density at radius 1 is 1.19 bits per heavy atom. The van der Waals surface area contributed by atoms with Crippen LogP contribution in [0.2, 0.25) is 0 Å². The number of hydrazone groups is 1. The van der Waals surface area contributed by atoms with Gasteiger partial charge in [0.15, 0.2) is 0 Å². The van der Waals surface area contributed by atoms with Gasteiger partial charge in [-0.3, -0.25) is 29.3 Å². The van der Waals surface area contributed by atoms with Crippen molar-refractivity contribution in [1.82, 2.24) is 9.97 Å². The van der Waals surface area contributed by atoms with Gasteiger partial charge >= 0.3 is 5.97 Å². The van der Waals surface area contributed by atoms with Gasteiger partial charge in [-0.25, -0.2) is 9.78 Å². The number of ether oxygens (including phenoxy) is 1. The third-order valence-corrected chi connectivity index (χ3v) is 4.92. The molecule has 0 aliphatic carbocycles. The number of amides is 2. The maximum Gasteiger partial charge on any atom is 0.375 e. The number of ketones is 1. The molecule has 1 aromatic heterocycles. The van der Waals surface area contributed by atoms with E-state index in [1.165, 1.54) is 30.3 Å². The van der Waals surface area contributed by atoms with Crippen LogP contribution >= 0.6 is 0 Å². The van der Waals surface area contributed by atoms with Crippen LogP contribution < -0.4 is 22.5 Å². The van der Waals surface area contributed by atoms with Crippen molar-refractivity contribution in [3.05, 3.63) is 74.2 Å². The van der Waals surface area contributed by atoms with Crippen LogP contribution in [0.25, 0.3) is 11.0 Å². The maximum atomic E-state index is 13.0. The second-order valence-electron chi connectivity index (χ2n) is 7.08. The zero-order valence-corrected chi connectivity index (χ0v) is 18.4. The van der Waals surface area contributed by atoms with Crippen LogP contribution in [0, 0.1) is 10.1 Å². The number of anilines is 1. The summed E-state index contributed by atoms with van der Waals surface area (Å²) in [6.45, 7) is 0. The first-order chi connectivity index (χ1) is 17.1. The highest BCUT2D eigenvalue weighted by Gasteiger charge is 2.39. The third-order valence-electron chi connectivity index (χ3n) is 4.92. The van der Waals surface area contributed by atoms with Gasteiger partial charge in [0, 0.05) is 12.1 Å². The molecule has 0 bridgehead atoms. The first-order valence-electron chi connectivity index (χ1n) is 9.87. The topological polar surface area (TPSA) is 243 Å². The number of fused-ring (bicyclic) bond motifs is 1. The average Bonchev–Trinajstić information content (AvgIpc) is 2.85. The molecule has 0 fully saturated rings. The minimum Gasteiger partial charge on any atom is -0.463 e. The van der Waals surface area contributed by atoms with Gasteiger partial charge in [-0.1, -0.05) is 12.1 Å². The predicted molar refractivity (Wildman–Crippen MR) is 124 cm³/mol. The fourth-order valence-electron chi connectivity index (χ4n) is 3.25. The minimum atomic E-state index is -2.04. The number of hydrogen-bond donors (Lipinski definition) is 4. The van der Waals surface area contributed by atoms with E-state index in [0.717, 1.165) is 19.2 Å². The molecule has 0 radical (unpaired) electrons. The van der Waals surface area contributed by atoms with Crippen molar-refractivity contribution < 1.29 is 28.8 Å². The number of nitrogens with one attached hydrogen (secondary N) is 2. The van der Waals surface area contributed by atoms with Crippen molar-refractivity contribution in [3.63, 3.8) is 0 Å². The number of nitro benzene ring substituents is 1. The van der Waals surface area contributed by atoms with Crippen LogP contribution in [0.3, 0.4) is 0 Å². The molecule has 0 saturated heterocycles. The molecule has 15 nitrogen and oxygen atoms in total. The lowest BCUT2D eigenvalue weighted by Crippen LogP contribution is -2.40. The molecule has 0 spiro atoms. The number of methoxy groups -OCH3 is 1. The number of non-ortho nitro benzene ring substituents is 1. The van der Waals surface area contributed by atoms with E-state index in [2.05, 4.69) is 25.1 Å². The van der Waals surface area contributed by atoms with Crippen LogP contribution in [0.1, 0.15) is 22.0 Å². The van der Waals surface area contributed by atoms with Gasteiger partial charge in [-0.05, 0) is 18.2 Å². The number of Topliss-reactive ketones (excluding diaryl/α,β-unsaturated/α-hetero) is 1. The summed E-state index contributed by atoms with van der Waals surface area (Å²) in [7, 11) is 0.900. The van der Waals surface area contributed by atoms with Gasteiger partial charge in [-0.15, -0.1) is 0 Å². The molecular weight excluding hydrogens is 478 g/mol. The molecule has 15 heteroatoms. The average molecular weight is 495 g/mol. The lowest BCUT2D eigenvalue weighted by molar-refractivity contribution is -0.384. The van der Waals surface area contributed by atoms with E-state index in [0.29, 0.717) is 0 Å². The number of nitro groups is 1. The Morgan fingerprint density at radius 3 is 2.50 bits per heavy atom. The number of H-pyrrole nitrogens is 1. The van der Waals surface area contributed by atoms with Crippen LogP contribution in [0.4, 0.5) is 11.4 Å². The van der Waals surface area contributed by atoms with Crippen molar-refractivity contribution in [2.45, 2.75) is 5.92 Å². The number of esters is 1. The Kier molecular flexibility index (Phi) is 7.13. The molecule has 6 N–H and O–H groups in total. The van der Waals surface area contributed by atoms with Crippen molar-refractivity contribution in [2.75, 3.05) is 12.4 Å². The number of rotatable bonds is 8. The SMILES string of the molecule is COC(=O)C(=O)[C@@H](/C(=N\N)C(=O)Nc1ccccc1C(N)=O)c1nc2ccc([N+](=O)[O-])cc2[nH]c1=O. The van der Waals surface area contributed by atoms with Crippen LogP contribution in [-0.4, -0.2) is 51.3 Å². The molecule has 2 amide bonds. The maximum absolute atomic E-state index is 13.0. The minimum absolute atomic E-state index is 0.00582. The van der Waals surface area contributed by atoms with E-state index in [9.17, 15) is 34.1 Å². The second-order valence-corrected chi connectivity index (χ2v) is 7.08. The lowest BCUT2D eigenvalue weighted by atomic mass is 9.93. The smallest absolute Gasteiger partial charge is 0.375 e. The quantitative estimate of drug-likeness (QED) is 0.0794. The highest BCUT2D eigenvalue weighted by molar-refractivity contribution is 6.54. The summed E-state index contributed by atoms with van der Waals surface area (Å²) in [5.74, 6) is -1.53. The van der Waals surface area contributed by atoms with E-state index in [-0.39, 0.29) is 28.0 Å². The Balaban J connectivity index is 2.15. The number of primary amides is 1. The normalized spacial score (nSPS) is 12.0. The highest BCUT2D eigenvalue weighted by atomic mass is 16.6. The Bertz CT molecular complexity index is 1510. The molecule has 0 unspecified atom stereocenters. The zero-order valence-electron chi connectivity index (χ0n) is 18.4. The first kappa shape index (κ1) is 25.2. The number of para-hydroxylation sites is 1. The summed E-state index contributed by atoms with van der Waals surface area (Å²) < 4.78 is 4.43. The summed E-state index contributed by atoms with van der Waals surface area (Å²) in [6.07, 6.45) is 0. The number of nitrogens with zero attached hydrogens (tertiary/aromatic N) is 3. The molecule has 0 aliphatic heterocycles. The van der Waals surface area contributed by atoms with Gasteiger partial charge in [-0.2, -0.15) is 5.10 Å². The van der Waals surface area contributed by atoms with E-state index < -0.39 is 51.4 Å². The van der Waals surface area contributed by atoms with Gasteiger partial charge in [0.25, 0.3) is 28.8 Å². The van der Waals surface area contributed by atoms with Crippen LogP contribution in [-0.2, 0) is 19.1 Å². The van der Waals surface area contributed by atoms with Gasteiger partial charge in [0.1, 0.15) is 17.3 Å². The molecule has 2 aromatic carbocycles. The van der Waals surface area contributed by atoms with Gasteiger partial charge < -0.3 is 26.6 Å². The fraction of sp³-hybridized carbons (Fsp3) is 0.0952. The van der Waals surface area contributed by atoms with E-state index >= 15 is 0 Å². The van der Waals surface area contributed by atoms with Gasteiger partial charge in [0.2, 0.25) is 0 Å². The van der Waals surface area contributed by atoms with Crippen molar-refractivity contribution in [2.24, 2.45) is 16.7 Å². The molecular formula is C21H17N7O8. The number of aromatic amines is 1. The second kappa shape index (κ2) is 10.2.